The zero-order valence-corrected chi connectivity index (χ0v) is 10.1. The van der Waals surface area contributed by atoms with E-state index < -0.39 is 0 Å². The molecule has 0 radical (unpaired) electrons. The van der Waals surface area contributed by atoms with Crippen LogP contribution in [-0.4, -0.2) is 30.5 Å². The molecule has 0 amide bonds. The topological polar surface area (TPSA) is 27.6 Å². The van der Waals surface area contributed by atoms with Crippen molar-refractivity contribution >= 4 is 18.4 Å². The van der Waals surface area contributed by atoms with E-state index in [4.69, 9.17) is 0 Å². The molecule has 4 heteroatoms. The fourth-order valence-corrected chi connectivity index (χ4v) is 2.29. The summed E-state index contributed by atoms with van der Waals surface area (Å²) in [5.41, 5.74) is 2.69. The van der Waals surface area contributed by atoms with Gasteiger partial charge in [0.25, 0.3) is 0 Å². The number of halogens is 1. The maximum atomic E-state index is 4.51. The summed E-state index contributed by atoms with van der Waals surface area (Å²) in [5, 5.41) is 3.31. The molecule has 1 aromatic rings. The zero-order chi connectivity index (χ0) is 10.3. The first-order valence-electron chi connectivity index (χ1n) is 5.46. The lowest BCUT2D eigenvalue weighted by atomic mass is 10.0. The first kappa shape index (κ1) is 11.3. The number of hydrogen-bond acceptors (Lipinski definition) is 3. The number of hydrogen-bond donors (Lipinski definition) is 1. The van der Waals surface area contributed by atoms with Gasteiger partial charge in [0.15, 0.2) is 5.96 Å². The third-order valence-electron chi connectivity index (χ3n) is 3.16. The molecule has 3 nitrogen and oxygen atoms in total. The summed E-state index contributed by atoms with van der Waals surface area (Å²) in [6.45, 7) is 5.13. The molecule has 0 bridgehead atoms. The Hall–Kier alpha value is -1.22. The second-order valence-electron chi connectivity index (χ2n) is 4.21. The summed E-state index contributed by atoms with van der Waals surface area (Å²) in [4.78, 5) is 6.88. The van der Waals surface area contributed by atoms with Crippen LogP contribution in [0, 0.1) is 6.92 Å². The molecule has 2 aliphatic rings. The van der Waals surface area contributed by atoms with Crippen molar-refractivity contribution in [3.8, 4) is 0 Å². The number of fused-ring (bicyclic) bond motifs is 1. The zero-order valence-electron chi connectivity index (χ0n) is 9.31. The molecule has 0 saturated carbocycles. The fourth-order valence-electron chi connectivity index (χ4n) is 2.29. The van der Waals surface area contributed by atoms with Gasteiger partial charge in [-0.25, -0.2) is 0 Å². The molecule has 1 unspecified atom stereocenters. The van der Waals surface area contributed by atoms with Crippen LogP contribution in [0.5, 0.6) is 0 Å². The highest BCUT2D eigenvalue weighted by atomic mass is 35.5. The van der Waals surface area contributed by atoms with Gasteiger partial charge < -0.3 is 10.2 Å². The highest BCUT2D eigenvalue weighted by molar-refractivity contribution is 5.85. The molecule has 1 atom stereocenters. The van der Waals surface area contributed by atoms with E-state index in [1.165, 1.54) is 11.1 Å². The van der Waals surface area contributed by atoms with Gasteiger partial charge >= 0.3 is 0 Å². The molecule has 1 fully saturated rings. The normalized spacial score (nSPS) is 22.2. The molecule has 3 rings (SSSR count). The standard InChI is InChI=1S/C12H15N3.ClH/c1-9-2-4-10(5-3-9)11-8-14-12-13-6-7-15(11)12;/h2-5,11H,6-8H2,1H3,(H,13,14);1H. The Morgan fingerprint density at radius 3 is 2.81 bits per heavy atom. The van der Waals surface area contributed by atoms with Gasteiger partial charge in [0.2, 0.25) is 0 Å². The van der Waals surface area contributed by atoms with Crippen molar-refractivity contribution in [1.82, 2.24) is 10.2 Å². The summed E-state index contributed by atoms with van der Waals surface area (Å²) < 4.78 is 0. The molecule has 2 aliphatic heterocycles. The second-order valence-corrected chi connectivity index (χ2v) is 4.21. The van der Waals surface area contributed by atoms with Crippen LogP contribution in [-0.2, 0) is 0 Å². The molecule has 1 N–H and O–H groups in total. The lowest BCUT2D eigenvalue weighted by Gasteiger charge is -2.21. The summed E-state index contributed by atoms with van der Waals surface area (Å²) in [6, 6.07) is 9.25. The molecule has 1 aromatic carbocycles. The van der Waals surface area contributed by atoms with Gasteiger partial charge in [-0.15, -0.1) is 12.4 Å². The van der Waals surface area contributed by atoms with E-state index in [0.717, 1.165) is 25.6 Å². The van der Waals surface area contributed by atoms with Gasteiger partial charge in [-0.05, 0) is 12.5 Å². The van der Waals surface area contributed by atoms with Crippen molar-refractivity contribution in [2.75, 3.05) is 19.6 Å². The number of guanidine groups is 1. The Morgan fingerprint density at radius 2 is 2.06 bits per heavy atom. The summed E-state index contributed by atoms with van der Waals surface area (Å²) in [7, 11) is 0. The van der Waals surface area contributed by atoms with E-state index in [0.29, 0.717) is 6.04 Å². The van der Waals surface area contributed by atoms with E-state index in [9.17, 15) is 0 Å². The predicted octanol–water partition coefficient (Wildman–Crippen LogP) is 1.73. The highest BCUT2D eigenvalue weighted by Gasteiger charge is 2.31. The van der Waals surface area contributed by atoms with Gasteiger partial charge in [-0.1, -0.05) is 29.8 Å². The van der Waals surface area contributed by atoms with Crippen molar-refractivity contribution in [1.29, 1.82) is 0 Å². The number of nitrogens with one attached hydrogen (secondary N) is 1. The number of benzene rings is 1. The maximum absolute atomic E-state index is 4.51. The van der Waals surface area contributed by atoms with E-state index in [2.05, 4.69) is 46.4 Å². The Labute approximate surface area is 102 Å². The first-order chi connectivity index (χ1) is 7.34. The SMILES string of the molecule is Cc1ccc(C2CN=C3NCCN32)cc1.Cl. The molecular formula is C12H16ClN3. The van der Waals surface area contributed by atoms with Crippen LogP contribution >= 0.6 is 12.4 Å². The van der Waals surface area contributed by atoms with Gasteiger partial charge in [0.1, 0.15) is 0 Å². The first-order valence-corrected chi connectivity index (χ1v) is 5.46. The Kier molecular flexibility index (Phi) is 3.06. The van der Waals surface area contributed by atoms with Crippen molar-refractivity contribution in [2.45, 2.75) is 13.0 Å². The lowest BCUT2D eigenvalue weighted by Crippen LogP contribution is -2.28. The monoisotopic (exact) mass is 237 g/mol. The average molecular weight is 238 g/mol. The van der Waals surface area contributed by atoms with E-state index >= 15 is 0 Å². The third kappa shape index (κ3) is 1.76. The summed E-state index contributed by atoms with van der Waals surface area (Å²) >= 11 is 0. The van der Waals surface area contributed by atoms with E-state index in [1.54, 1.807) is 0 Å². The maximum Gasteiger partial charge on any atom is 0.194 e. The van der Waals surface area contributed by atoms with Crippen LogP contribution in [0.1, 0.15) is 17.2 Å². The van der Waals surface area contributed by atoms with Gasteiger partial charge in [0, 0.05) is 13.1 Å². The van der Waals surface area contributed by atoms with Crippen LogP contribution in [0.25, 0.3) is 0 Å². The third-order valence-corrected chi connectivity index (χ3v) is 3.16. The fraction of sp³-hybridized carbons (Fsp3) is 0.417. The van der Waals surface area contributed by atoms with Gasteiger partial charge in [-0.2, -0.15) is 0 Å². The molecule has 16 heavy (non-hydrogen) atoms. The van der Waals surface area contributed by atoms with E-state index in [-0.39, 0.29) is 12.4 Å². The molecule has 0 aromatic heterocycles. The number of rotatable bonds is 1. The number of aliphatic imine (C=N–C) groups is 1. The molecule has 1 saturated heterocycles. The molecule has 0 aliphatic carbocycles. The highest BCUT2D eigenvalue weighted by Crippen LogP contribution is 2.27. The van der Waals surface area contributed by atoms with Crippen molar-refractivity contribution in [2.24, 2.45) is 4.99 Å². The van der Waals surface area contributed by atoms with Crippen molar-refractivity contribution < 1.29 is 0 Å². The molecular weight excluding hydrogens is 222 g/mol. The molecule has 0 spiro atoms. The minimum atomic E-state index is 0. The van der Waals surface area contributed by atoms with Crippen LogP contribution < -0.4 is 5.32 Å². The summed E-state index contributed by atoms with van der Waals surface area (Å²) in [6.07, 6.45) is 0. The number of aryl methyl sites for hydroxylation is 1. The largest absolute Gasteiger partial charge is 0.354 e. The summed E-state index contributed by atoms with van der Waals surface area (Å²) in [5.74, 6) is 1.08. The van der Waals surface area contributed by atoms with Crippen LogP contribution in [0.2, 0.25) is 0 Å². The van der Waals surface area contributed by atoms with E-state index in [1.807, 2.05) is 0 Å². The van der Waals surface area contributed by atoms with Crippen molar-refractivity contribution in [3.63, 3.8) is 0 Å². The van der Waals surface area contributed by atoms with Gasteiger partial charge in [0.05, 0.1) is 12.6 Å². The van der Waals surface area contributed by atoms with Crippen LogP contribution in [0.4, 0.5) is 0 Å². The smallest absolute Gasteiger partial charge is 0.194 e. The predicted molar refractivity (Wildman–Crippen MR) is 68.2 cm³/mol. The Balaban J connectivity index is 0.000000963. The quantitative estimate of drug-likeness (QED) is 0.806. The lowest BCUT2D eigenvalue weighted by molar-refractivity contribution is 0.381. The van der Waals surface area contributed by atoms with Crippen molar-refractivity contribution in [3.05, 3.63) is 35.4 Å². The second kappa shape index (κ2) is 4.34. The van der Waals surface area contributed by atoms with Gasteiger partial charge in [-0.3, -0.25) is 4.99 Å². The minimum Gasteiger partial charge on any atom is -0.354 e. The Morgan fingerprint density at radius 1 is 1.31 bits per heavy atom. The number of nitrogens with zero attached hydrogens (tertiary/aromatic N) is 2. The molecule has 86 valence electrons. The van der Waals surface area contributed by atoms with Crippen LogP contribution in [0.15, 0.2) is 29.3 Å². The molecule has 2 heterocycles. The minimum absolute atomic E-state index is 0. The van der Waals surface area contributed by atoms with Crippen LogP contribution in [0.3, 0.4) is 0 Å². The average Bonchev–Trinajstić information content (AvgIpc) is 2.80. The Bertz CT molecular complexity index is 399.